The highest BCUT2D eigenvalue weighted by atomic mass is 16.3. The van der Waals surface area contributed by atoms with E-state index in [1.807, 2.05) is 48.5 Å². The number of para-hydroxylation sites is 1. The largest absolute Gasteiger partial charge is 0.507 e. The van der Waals surface area contributed by atoms with Crippen LogP contribution in [0.25, 0.3) is 21.9 Å². The van der Waals surface area contributed by atoms with Crippen LogP contribution in [0, 0.1) is 0 Å². The fourth-order valence-corrected chi connectivity index (χ4v) is 2.36. The molecule has 0 spiro atoms. The Bertz CT molecular complexity index is 760. The van der Waals surface area contributed by atoms with Gasteiger partial charge in [-0.25, -0.2) is 0 Å². The van der Waals surface area contributed by atoms with Crippen LogP contribution in [0.3, 0.4) is 0 Å². The van der Waals surface area contributed by atoms with Gasteiger partial charge in [0, 0.05) is 11.1 Å². The second kappa shape index (κ2) is 4.58. The molecule has 92 valence electrons. The Labute approximate surface area is 110 Å². The number of benzene rings is 3. The van der Waals surface area contributed by atoms with Crippen molar-refractivity contribution in [1.82, 2.24) is 0 Å². The second-order valence-corrected chi connectivity index (χ2v) is 4.38. The maximum Gasteiger partial charge on any atom is 0.151 e. The van der Waals surface area contributed by atoms with Gasteiger partial charge >= 0.3 is 0 Å². The van der Waals surface area contributed by atoms with Gasteiger partial charge in [-0.3, -0.25) is 4.79 Å². The van der Waals surface area contributed by atoms with Gasteiger partial charge in [0.05, 0.1) is 0 Å². The minimum Gasteiger partial charge on any atom is -0.507 e. The Balaban J connectivity index is 2.36. The molecule has 0 amide bonds. The molecule has 0 unspecified atom stereocenters. The molecule has 0 aliphatic rings. The first-order chi connectivity index (χ1) is 9.31. The number of phenolic OH excluding ortho intramolecular Hbond substituents is 1. The highest BCUT2D eigenvalue weighted by Gasteiger charge is 2.11. The van der Waals surface area contributed by atoms with Gasteiger partial charge in [-0.1, -0.05) is 54.6 Å². The highest BCUT2D eigenvalue weighted by molar-refractivity contribution is 6.05. The van der Waals surface area contributed by atoms with E-state index in [0.717, 1.165) is 22.6 Å². The van der Waals surface area contributed by atoms with Crippen LogP contribution >= 0.6 is 0 Å². The van der Waals surface area contributed by atoms with Gasteiger partial charge < -0.3 is 5.11 Å². The maximum atomic E-state index is 11.4. The number of rotatable bonds is 2. The lowest BCUT2D eigenvalue weighted by molar-refractivity contribution is 0.112. The lowest BCUT2D eigenvalue weighted by Gasteiger charge is -2.10. The second-order valence-electron chi connectivity index (χ2n) is 4.38. The summed E-state index contributed by atoms with van der Waals surface area (Å²) in [4.78, 5) is 11.4. The van der Waals surface area contributed by atoms with Crippen molar-refractivity contribution in [3.63, 3.8) is 0 Å². The van der Waals surface area contributed by atoms with E-state index < -0.39 is 0 Å². The average molecular weight is 248 g/mol. The summed E-state index contributed by atoms with van der Waals surface area (Å²) in [7, 11) is 0. The molecule has 0 saturated carbocycles. The van der Waals surface area contributed by atoms with Crippen molar-refractivity contribution in [1.29, 1.82) is 0 Å². The SMILES string of the molecule is O=Cc1c(-c2ccccc2O)ccc2ccccc12. The molecule has 0 aliphatic carbocycles. The summed E-state index contributed by atoms with van der Waals surface area (Å²) in [5.74, 6) is 0.181. The van der Waals surface area contributed by atoms with Crippen LogP contribution in [-0.4, -0.2) is 11.4 Å². The summed E-state index contributed by atoms with van der Waals surface area (Å²) < 4.78 is 0. The van der Waals surface area contributed by atoms with Crippen LogP contribution in [0.15, 0.2) is 60.7 Å². The Morgan fingerprint density at radius 2 is 1.53 bits per heavy atom. The normalized spacial score (nSPS) is 10.5. The minimum absolute atomic E-state index is 0.181. The van der Waals surface area contributed by atoms with Gasteiger partial charge in [0.1, 0.15) is 5.75 Å². The zero-order valence-electron chi connectivity index (χ0n) is 10.2. The third-order valence-corrected chi connectivity index (χ3v) is 3.28. The third kappa shape index (κ3) is 1.87. The topological polar surface area (TPSA) is 37.3 Å². The molecule has 3 rings (SSSR count). The molecule has 0 radical (unpaired) electrons. The molecule has 2 heteroatoms. The molecule has 0 aliphatic heterocycles. The zero-order chi connectivity index (χ0) is 13.2. The summed E-state index contributed by atoms with van der Waals surface area (Å²) in [6.07, 6.45) is 0.851. The fourth-order valence-electron chi connectivity index (χ4n) is 2.36. The molecule has 0 saturated heterocycles. The quantitative estimate of drug-likeness (QED) is 0.695. The first kappa shape index (κ1) is 11.5. The Kier molecular flexibility index (Phi) is 2.76. The monoisotopic (exact) mass is 248 g/mol. The summed E-state index contributed by atoms with van der Waals surface area (Å²) >= 11 is 0. The molecule has 19 heavy (non-hydrogen) atoms. The van der Waals surface area contributed by atoms with Crippen LogP contribution in [-0.2, 0) is 0 Å². The molecule has 0 atom stereocenters. The van der Waals surface area contributed by atoms with Crippen molar-refractivity contribution < 1.29 is 9.90 Å². The molecular weight excluding hydrogens is 236 g/mol. The number of carbonyl (C=O) groups excluding carboxylic acids is 1. The number of phenols is 1. The first-order valence-electron chi connectivity index (χ1n) is 6.06. The molecule has 0 heterocycles. The van der Waals surface area contributed by atoms with E-state index in [2.05, 4.69) is 0 Å². The minimum atomic E-state index is 0.181. The summed E-state index contributed by atoms with van der Waals surface area (Å²) in [6.45, 7) is 0. The average Bonchev–Trinajstić information content (AvgIpc) is 2.46. The standard InChI is InChI=1S/C17H12O2/c18-11-16-13-6-2-1-5-12(13)9-10-14(16)15-7-3-4-8-17(15)19/h1-11,19H. The van der Waals surface area contributed by atoms with E-state index in [9.17, 15) is 9.90 Å². The number of hydrogen-bond donors (Lipinski definition) is 1. The Morgan fingerprint density at radius 1 is 0.789 bits per heavy atom. The summed E-state index contributed by atoms with van der Waals surface area (Å²) in [5.41, 5.74) is 2.04. The van der Waals surface area contributed by atoms with Crippen LogP contribution < -0.4 is 0 Å². The summed E-state index contributed by atoms with van der Waals surface area (Å²) in [6, 6.07) is 18.6. The van der Waals surface area contributed by atoms with Crippen molar-refractivity contribution in [2.75, 3.05) is 0 Å². The van der Waals surface area contributed by atoms with E-state index >= 15 is 0 Å². The molecule has 2 nitrogen and oxygen atoms in total. The molecule has 3 aromatic rings. The molecule has 0 fully saturated rings. The number of fused-ring (bicyclic) bond motifs is 1. The lowest BCUT2D eigenvalue weighted by Crippen LogP contribution is -1.90. The van der Waals surface area contributed by atoms with Crippen molar-refractivity contribution >= 4 is 17.1 Å². The van der Waals surface area contributed by atoms with E-state index in [4.69, 9.17) is 0 Å². The molecule has 1 N–H and O–H groups in total. The highest BCUT2D eigenvalue weighted by Crippen LogP contribution is 2.34. The number of carbonyl (C=O) groups is 1. The van der Waals surface area contributed by atoms with Gasteiger partial charge in [-0.15, -0.1) is 0 Å². The van der Waals surface area contributed by atoms with Crippen molar-refractivity contribution in [2.24, 2.45) is 0 Å². The predicted molar refractivity (Wildman–Crippen MR) is 76.4 cm³/mol. The van der Waals surface area contributed by atoms with E-state index in [1.54, 1.807) is 12.1 Å². The first-order valence-corrected chi connectivity index (χ1v) is 6.06. The van der Waals surface area contributed by atoms with Gasteiger partial charge in [0.2, 0.25) is 0 Å². The van der Waals surface area contributed by atoms with Gasteiger partial charge in [0.25, 0.3) is 0 Å². The van der Waals surface area contributed by atoms with E-state index in [1.165, 1.54) is 0 Å². The predicted octanol–water partition coefficient (Wildman–Crippen LogP) is 4.02. The van der Waals surface area contributed by atoms with E-state index in [0.29, 0.717) is 11.1 Å². The third-order valence-electron chi connectivity index (χ3n) is 3.28. The summed E-state index contributed by atoms with van der Waals surface area (Å²) in [5, 5.41) is 11.9. The molecule has 3 aromatic carbocycles. The van der Waals surface area contributed by atoms with Crippen LogP contribution in [0.2, 0.25) is 0 Å². The molecular formula is C17H12O2. The van der Waals surface area contributed by atoms with Crippen LogP contribution in [0.4, 0.5) is 0 Å². The number of aldehydes is 1. The fraction of sp³-hybridized carbons (Fsp3) is 0. The smallest absolute Gasteiger partial charge is 0.151 e. The van der Waals surface area contributed by atoms with Crippen molar-refractivity contribution in [2.45, 2.75) is 0 Å². The van der Waals surface area contributed by atoms with Crippen molar-refractivity contribution in [3.8, 4) is 16.9 Å². The maximum absolute atomic E-state index is 11.4. The van der Waals surface area contributed by atoms with Gasteiger partial charge in [0.15, 0.2) is 6.29 Å². The van der Waals surface area contributed by atoms with Gasteiger partial charge in [-0.05, 0) is 22.4 Å². The lowest BCUT2D eigenvalue weighted by atomic mass is 9.94. The Hall–Kier alpha value is -2.61. The van der Waals surface area contributed by atoms with Gasteiger partial charge in [-0.2, -0.15) is 0 Å². The number of aromatic hydroxyl groups is 1. The van der Waals surface area contributed by atoms with Crippen molar-refractivity contribution in [3.05, 3.63) is 66.2 Å². The number of hydrogen-bond acceptors (Lipinski definition) is 2. The van der Waals surface area contributed by atoms with Crippen LogP contribution in [0.5, 0.6) is 5.75 Å². The Morgan fingerprint density at radius 3 is 2.32 bits per heavy atom. The van der Waals surface area contributed by atoms with E-state index in [-0.39, 0.29) is 5.75 Å². The van der Waals surface area contributed by atoms with Crippen LogP contribution in [0.1, 0.15) is 10.4 Å². The zero-order valence-corrected chi connectivity index (χ0v) is 10.2. The molecule has 0 bridgehead atoms. The molecule has 0 aromatic heterocycles.